The number of nitrogens with zero attached hydrogens (tertiary/aromatic N) is 2. The Morgan fingerprint density at radius 1 is 0.561 bits per heavy atom. The van der Waals surface area contributed by atoms with Crippen LogP contribution in [0, 0.1) is 20.8 Å². The molecule has 0 unspecified atom stereocenters. The van der Waals surface area contributed by atoms with Crippen molar-refractivity contribution in [2.75, 3.05) is 0 Å². The highest BCUT2D eigenvalue weighted by molar-refractivity contribution is 7.19. The van der Waals surface area contributed by atoms with Gasteiger partial charge in [0.2, 0.25) is 0 Å². The van der Waals surface area contributed by atoms with Crippen molar-refractivity contribution in [3.63, 3.8) is 0 Å². The lowest BCUT2D eigenvalue weighted by Crippen LogP contribution is -1.94. The molecule has 0 saturated carbocycles. The third-order valence-corrected chi connectivity index (χ3v) is 8.62. The van der Waals surface area contributed by atoms with Gasteiger partial charge in [-0.2, -0.15) is 0 Å². The fourth-order valence-corrected chi connectivity index (χ4v) is 6.37. The standard InChI is InChI=1S/C20H17NS.C17H17NO/c1-14-9-10-15-6-4-7-16(20(15)21-14)11-12-18-13-17-5-2-3-8-19(17)22-18;1-12-6-8-14-4-3-5-15(17(14)18-12)9-11-16-10-7-13(2)19-16/h2-10,13H,11-12H2,1H3;3-8,10H,9,11H2,1-2H3. The van der Waals surface area contributed by atoms with Gasteiger partial charge in [0, 0.05) is 38.2 Å². The Bertz CT molecular complexity index is 1920. The molecule has 0 amide bonds. The van der Waals surface area contributed by atoms with Gasteiger partial charge < -0.3 is 4.42 Å². The van der Waals surface area contributed by atoms with E-state index < -0.39 is 0 Å². The molecule has 0 saturated heterocycles. The summed E-state index contributed by atoms with van der Waals surface area (Å²) < 4.78 is 7.00. The average Bonchev–Trinajstić information content (AvgIpc) is 3.60. The van der Waals surface area contributed by atoms with E-state index in [1.165, 1.54) is 36.9 Å². The average molecular weight is 555 g/mol. The molecule has 0 aliphatic carbocycles. The van der Waals surface area contributed by atoms with E-state index in [4.69, 9.17) is 9.40 Å². The molecular weight excluding hydrogens is 520 g/mol. The minimum Gasteiger partial charge on any atom is -0.466 e. The van der Waals surface area contributed by atoms with Crippen molar-refractivity contribution < 1.29 is 4.42 Å². The van der Waals surface area contributed by atoms with Gasteiger partial charge in [0.25, 0.3) is 0 Å². The van der Waals surface area contributed by atoms with E-state index in [1.54, 1.807) is 0 Å². The number of hydrogen-bond acceptors (Lipinski definition) is 4. The molecule has 0 aliphatic heterocycles. The normalized spacial score (nSPS) is 11.2. The van der Waals surface area contributed by atoms with Gasteiger partial charge in [-0.1, -0.05) is 66.7 Å². The Hall–Kier alpha value is -4.28. The summed E-state index contributed by atoms with van der Waals surface area (Å²) in [5.74, 6) is 2.02. The Morgan fingerprint density at radius 3 is 1.78 bits per heavy atom. The Kier molecular flexibility index (Phi) is 7.93. The van der Waals surface area contributed by atoms with E-state index in [1.807, 2.05) is 31.3 Å². The van der Waals surface area contributed by atoms with Crippen molar-refractivity contribution in [2.45, 2.75) is 46.5 Å². The first-order valence-corrected chi connectivity index (χ1v) is 15.1. The third kappa shape index (κ3) is 6.39. The van der Waals surface area contributed by atoms with Crippen LogP contribution in [0.4, 0.5) is 0 Å². The van der Waals surface area contributed by atoms with Crippen LogP contribution >= 0.6 is 11.3 Å². The highest BCUT2D eigenvalue weighted by atomic mass is 32.1. The molecule has 0 N–H and O–H groups in total. The molecule has 3 nitrogen and oxygen atoms in total. The van der Waals surface area contributed by atoms with Gasteiger partial charge in [-0.25, -0.2) is 0 Å². The van der Waals surface area contributed by atoms with Crippen molar-refractivity contribution in [1.82, 2.24) is 9.97 Å². The van der Waals surface area contributed by atoms with Gasteiger partial charge >= 0.3 is 0 Å². The Morgan fingerprint density at radius 2 is 1.17 bits per heavy atom. The smallest absolute Gasteiger partial charge is 0.104 e. The molecular formula is C37H34N2OS. The highest BCUT2D eigenvalue weighted by Gasteiger charge is 2.07. The fourth-order valence-electron chi connectivity index (χ4n) is 5.31. The second kappa shape index (κ2) is 12.1. The van der Waals surface area contributed by atoms with E-state index in [-0.39, 0.29) is 0 Å². The molecule has 4 aromatic heterocycles. The first-order chi connectivity index (χ1) is 20.0. The number of benzene rings is 3. The first kappa shape index (κ1) is 26.9. The second-order valence-corrected chi connectivity index (χ2v) is 11.8. The van der Waals surface area contributed by atoms with Crippen LogP contribution in [-0.2, 0) is 25.7 Å². The van der Waals surface area contributed by atoms with Gasteiger partial charge in [0.15, 0.2) is 0 Å². The molecule has 4 heterocycles. The van der Waals surface area contributed by atoms with Crippen LogP contribution in [0.3, 0.4) is 0 Å². The predicted molar refractivity (Wildman–Crippen MR) is 173 cm³/mol. The Labute approximate surface area is 245 Å². The number of fused-ring (bicyclic) bond motifs is 3. The molecule has 0 radical (unpaired) electrons. The van der Waals surface area contributed by atoms with Gasteiger partial charge in [0.1, 0.15) is 11.5 Å². The van der Waals surface area contributed by atoms with Crippen molar-refractivity contribution in [1.29, 1.82) is 0 Å². The van der Waals surface area contributed by atoms with Crippen LogP contribution in [-0.4, -0.2) is 9.97 Å². The minimum absolute atomic E-state index is 0.919. The van der Waals surface area contributed by atoms with Crippen LogP contribution in [0.5, 0.6) is 0 Å². The fraction of sp³-hybridized carbons (Fsp3) is 0.189. The summed E-state index contributed by atoms with van der Waals surface area (Å²) >= 11 is 1.90. The molecule has 204 valence electrons. The number of aromatic nitrogens is 2. The maximum atomic E-state index is 5.62. The minimum atomic E-state index is 0.919. The molecule has 3 aromatic carbocycles. The van der Waals surface area contributed by atoms with E-state index in [0.717, 1.165) is 59.6 Å². The number of thiophene rings is 1. The van der Waals surface area contributed by atoms with Crippen LogP contribution < -0.4 is 0 Å². The number of furan rings is 1. The number of para-hydroxylation sites is 2. The molecule has 7 rings (SSSR count). The molecule has 0 spiro atoms. The summed E-state index contributed by atoms with van der Waals surface area (Å²) in [6.45, 7) is 6.07. The summed E-state index contributed by atoms with van der Waals surface area (Å²) in [5.41, 5.74) is 7.05. The van der Waals surface area contributed by atoms with Crippen molar-refractivity contribution in [2.24, 2.45) is 0 Å². The van der Waals surface area contributed by atoms with Crippen LogP contribution in [0.15, 0.2) is 108 Å². The van der Waals surface area contributed by atoms with E-state index in [9.17, 15) is 0 Å². The summed E-state index contributed by atoms with van der Waals surface area (Å²) in [5, 5.41) is 3.80. The quantitative estimate of drug-likeness (QED) is 0.205. The molecule has 0 aliphatic rings. The zero-order valence-electron chi connectivity index (χ0n) is 23.9. The SMILES string of the molecule is Cc1ccc2cccc(CCc3cc4ccccc4s3)c2n1.Cc1ccc2cccc(CCc3ccc(C)o3)c2n1. The van der Waals surface area contributed by atoms with Gasteiger partial charge in [-0.15, -0.1) is 11.3 Å². The maximum absolute atomic E-state index is 5.62. The predicted octanol–water partition coefficient (Wildman–Crippen LogP) is 9.77. The van der Waals surface area contributed by atoms with Crippen LogP contribution in [0.25, 0.3) is 31.9 Å². The summed E-state index contributed by atoms with van der Waals surface area (Å²) in [4.78, 5) is 10.8. The lowest BCUT2D eigenvalue weighted by molar-refractivity contribution is 0.482. The second-order valence-electron chi connectivity index (χ2n) is 10.6. The van der Waals surface area contributed by atoms with E-state index in [0.29, 0.717) is 0 Å². The van der Waals surface area contributed by atoms with Gasteiger partial charge in [0.05, 0.1) is 11.0 Å². The van der Waals surface area contributed by atoms with Gasteiger partial charge in [-0.05, 0) is 92.9 Å². The van der Waals surface area contributed by atoms with E-state index in [2.05, 4.69) is 109 Å². The lowest BCUT2D eigenvalue weighted by atomic mass is 10.0. The van der Waals surface area contributed by atoms with Crippen LogP contribution in [0.2, 0.25) is 0 Å². The van der Waals surface area contributed by atoms with Crippen molar-refractivity contribution in [3.8, 4) is 0 Å². The topological polar surface area (TPSA) is 38.9 Å². The van der Waals surface area contributed by atoms with Crippen molar-refractivity contribution >= 4 is 43.2 Å². The van der Waals surface area contributed by atoms with E-state index >= 15 is 0 Å². The lowest BCUT2D eigenvalue weighted by Gasteiger charge is -2.06. The molecule has 41 heavy (non-hydrogen) atoms. The molecule has 0 atom stereocenters. The third-order valence-electron chi connectivity index (χ3n) is 7.44. The largest absolute Gasteiger partial charge is 0.466 e. The number of aryl methyl sites for hydroxylation is 7. The number of hydrogen-bond donors (Lipinski definition) is 0. The zero-order valence-corrected chi connectivity index (χ0v) is 24.7. The Balaban J connectivity index is 0.000000149. The monoisotopic (exact) mass is 554 g/mol. The highest BCUT2D eigenvalue weighted by Crippen LogP contribution is 2.27. The summed E-state index contributed by atoms with van der Waals surface area (Å²) in [6, 6.07) is 36.3. The van der Waals surface area contributed by atoms with Crippen molar-refractivity contribution in [3.05, 3.63) is 142 Å². The molecule has 4 heteroatoms. The summed E-state index contributed by atoms with van der Waals surface area (Å²) in [7, 11) is 0. The number of rotatable bonds is 6. The zero-order chi connectivity index (χ0) is 28.2. The summed E-state index contributed by atoms with van der Waals surface area (Å²) in [6.07, 6.45) is 4.00. The first-order valence-electron chi connectivity index (χ1n) is 14.2. The van der Waals surface area contributed by atoms with Gasteiger partial charge in [-0.3, -0.25) is 9.97 Å². The maximum Gasteiger partial charge on any atom is 0.104 e. The van der Waals surface area contributed by atoms with Crippen LogP contribution in [0.1, 0.15) is 38.9 Å². The molecule has 0 bridgehead atoms. The number of pyridine rings is 2. The molecule has 0 fully saturated rings. The molecule has 7 aromatic rings.